The number of aromatic hydroxyl groups is 2. The van der Waals surface area contributed by atoms with Gasteiger partial charge in [-0.2, -0.15) is 0 Å². The van der Waals surface area contributed by atoms with Gasteiger partial charge in [0.25, 0.3) is 0 Å². The Morgan fingerprint density at radius 3 is 2.17 bits per heavy atom. The molecular formula is C22H19BrN2O4. The van der Waals surface area contributed by atoms with E-state index in [4.69, 9.17) is 0 Å². The Labute approximate surface area is 178 Å². The highest BCUT2D eigenvalue weighted by Crippen LogP contribution is 2.37. The van der Waals surface area contributed by atoms with Gasteiger partial charge in [0.1, 0.15) is 11.5 Å². The van der Waals surface area contributed by atoms with Crippen molar-refractivity contribution in [3.8, 4) is 11.5 Å². The number of hydrogen-bond acceptors (Lipinski definition) is 5. The Balaban J connectivity index is 0.00000240. The predicted molar refractivity (Wildman–Crippen MR) is 103 cm³/mol. The summed E-state index contributed by atoms with van der Waals surface area (Å²) in [6, 6.07) is 11.4. The summed E-state index contributed by atoms with van der Waals surface area (Å²) < 4.78 is 1.92. The van der Waals surface area contributed by atoms with Crippen LogP contribution in [0.5, 0.6) is 11.5 Å². The van der Waals surface area contributed by atoms with Crippen molar-refractivity contribution < 1.29 is 41.4 Å². The maximum Gasteiger partial charge on any atom is 0.201 e. The molecule has 0 fully saturated rings. The van der Waals surface area contributed by atoms with Crippen molar-refractivity contribution >= 4 is 17.3 Å². The van der Waals surface area contributed by atoms with Gasteiger partial charge in [0.15, 0.2) is 24.7 Å². The fourth-order valence-corrected chi connectivity index (χ4v) is 3.50. The molecule has 0 spiro atoms. The van der Waals surface area contributed by atoms with Crippen LogP contribution >= 0.6 is 0 Å². The van der Waals surface area contributed by atoms with Gasteiger partial charge in [0.05, 0.1) is 11.1 Å². The molecule has 0 atom stereocenters. The van der Waals surface area contributed by atoms with Crippen LogP contribution in [-0.4, -0.2) is 35.9 Å². The Morgan fingerprint density at radius 2 is 1.52 bits per heavy atom. The number of fused-ring (bicyclic) bond motifs is 2. The molecule has 0 aliphatic heterocycles. The van der Waals surface area contributed by atoms with Crippen LogP contribution < -0.4 is 26.4 Å². The largest absolute Gasteiger partial charge is 1.00 e. The lowest BCUT2D eigenvalue weighted by Crippen LogP contribution is -3.00. The standard InChI is InChI=1S/C22H18N2O4.BrH/c1-23(2)14-6-8-24(9-7-14)12-13-10-16-20(18(26)11-13)22(28)19-15(21(16)27)4-3-5-17(19)25;/h3-11H,12H2,1-2H3,(H-,25,26,28);1H. The number of carbonyl (C=O) groups is 2. The third-order valence-electron chi connectivity index (χ3n) is 4.92. The highest BCUT2D eigenvalue weighted by molar-refractivity contribution is 6.30. The second-order valence-electron chi connectivity index (χ2n) is 7.02. The van der Waals surface area contributed by atoms with E-state index in [2.05, 4.69) is 0 Å². The molecule has 0 saturated heterocycles. The number of anilines is 1. The first-order valence-electron chi connectivity index (χ1n) is 8.80. The zero-order valence-corrected chi connectivity index (χ0v) is 17.5. The number of halogens is 1. The maximum atomic E-state index is 12.9. The Morgan fingerprint density at radius 1 is 0.862 bits per heavy atom. The molecule has 148 valence electrons. The van der Waals surface area contributed by atoms with Crippen molar-refractivity contribution in [1.82, 2.24) is 0 Å². The summed E-state index contributed by atoms with van der Waals surface area (Å²) in [6.07, 6.45) is 3.82. The molecule has 6 nitrogen and oxygen atoms in total. The van der Waals surface area contributed by atoms with E-state index >= 15 is 0 Å². The van der Waals surface area contributed by atoms with Crippen LogP contribution in [0.4, 0.5) is 5.69 Å². The molecule has 0 saturated carbocycles. The van der Waals surface area contributed by atoms with E-state index in [-0.39, 0.29) is 56.5 Å². The summed E-state index contributed by atoms with van der Waals surface area (Å²) in [6.45, 7) is 0.433. The number of pyridine rings is 1. The minimum Gasteiger partial charge on any atom is -1.00 e. The second kappa shape index (κ2) is 7.67. The summed E-state index contributed by atoms with van der Waals surface area (Å²) in [5.41, 5.74) is 1.94. The van der Waals surface area contributed by atoms with E-state index in [1.54, 1.807) is 6.07 Å². The molecule has 0 bridgehead atoms. The molecule has 1 aromatic heterocycles. The van der Waals surface area contributed by atoms with Gasteiger partial charge in [0.2, 0.25) is 5.78 Å². The fourth-order valence-electron chi connectivity index (χ4n) is 3.50. The van der Waals surface area contributed by atoms with Gasteiger partial charge in [-0.05, 0) is 18.2 Å². The van der Waals surface area contributed by atoms with Crippen LogP contribution in [0.25, 0.3) is 0 Å². The van der Waals surface area contributed by atoms with E-state index in [1.165, 1.54) is 24.3 Å². The summed E-state index contributed by atoms with van der Waals surface area (Å²) >= 11 is 0. The average molecular weight is 455 g/mol. The monoisotopic (exact) mass is 454 g/mol. The molecule has 7 heteroatoms. The quantitative estimate of drug-likeness (QED) is 0.399. The van der Waals surface area contributed by atoms with Crippen LogP contribution in [0, 0.1) is 0 Å². The summed E-state index contributed by atoms with van der Waals surface area (Å²) in [5, 5.41) is 20.5. The third kappa shape index (κ3) is 3.49. The summed E-state index contributed by atoms with van der Waals surface area (Å²) in [5.74, 6) is -1.45. The Bertz CT molecular complexity index is 1120. The minimum absolute atomic E-state index is 0. The molecule has 2 N–H and O–H groups in total. The lowest BCUT2D eigenvalue weighted by atomic mass is 9.82. The molecule has 2 aromatic carbocycles. The van der Waals surface area contributed by atoms with Crippen molar-refractivity contribution in [1.29, 1.82) is 0 Å². The number of phenolic OH excluding ortho intramolecular Hbond substituents is 2. The van der Waals surface area contributed by atoms with Crippen LogP contribution in [0.1, 0.15) is 37.4 Å². The van der Waals surface area contributed by atoms with E-state index in [1.807, 2.05) is 48.1 Å². The second-order valence-corrected chi connectivity index (χ2v) is 7.02. The van der Waals surface area contributed by atoms with Crippen molar-refractivity contribution in [3.05, 3.63) is 82.7 Å². The molecular weight excluding hydrogens is 436 g/mol. The molecule has 0 unspecified atom stereocenters. The molecule has 4 rings (SSSR count). The zero-order valence-electron chi connectivity index (χ0n) is 15.9. The van der Waals surface area contributed by atoms with Gasteiger partial charge < -0.3 is 32.1 Å². The molecule has 3 aromatic rings. The average Bonchev–Trinajstić information content (AvgIpc) is 2.66. The molecule has 0 radical (unpaired) electrons. The van der Waals surface area contributed by atoms with Crippen LogP contribution in [0.2, 0.25) is 0 Å². The molecule has 29 heavy (non-hydrogen) atoms. The SMILES string of the molecule is CN(C)c1cc[n+](Cc2cc(O)c3c(c2)C(=O)c2cccc(O)c2C3=O)cc1.[Br-]. The maximum absolute atomic E-state index is 12.9. The molecule has 0 amide bonds. The third-order valence-corrected chi connectivity index (χ3v) is 4.92. The van der Waals surface area contributed by atoms with Crippen LogP contribution in [0.15, 0.2) is 54.9 Å². The van der Waals surface area contributed by atoms with Gasteiger partial charge in [-0.15, -0.1) is 0 Å². The minimum atomic E-state index is -0.547. The lowest BCUT2D eigenvalue weighted by molar-refractivity contribution is -0.688. The first-order chi connectivity index (χ1) is 13.4. The van der Waals surface area contributed by atoms with Gasteiger partial charge >= 0.3 is 0 Å². The van der Waals surface area contributed by atoms with Crippen molar-refractivity contribution in [3.63, 3.8) is 0 Å². The number of nitrogens with zero attached hydrogens (tertiary/aromatic N) is 2. The number of hydrogen-bond donors (Lipinski definition) is 2. The van der Waals surface area contributed by atoms with E-state index in [0.717, 1.165) is 5.69 Å². The molecule has 1 aliphatic carbocycles. The highest BCUT2D eigenvalue weighted by atomic mass is 79.9. The van der Waals surface area contributed by atoms with Crippen molar-refractivity contribution in [2.45, 2.75) is 6.54 Å². The van der Waals surface area contributed by atoms with Crippen molar-refractivity contribution in [2.24, 2.45) is 0 Å². The molecule has 1 heterocycles. The smallest absolute Gasteiger partial charge is 0.201 e. The van der Waals surface area contributed by atoms with Crippen LogP contribution in [-0.2, 0) is 6.54 Å². The number of carbonyl (C=O) groups excluding carboxylic acids is 2. The zero-order chi connectivity index (χ0) is 20.0. The summed E-state index contributed by atoms with van der Waals surface area (Å²) in [4.78, 5) is 27.7. The van der Waals surface area contributed by atoms with E-state index in [9.17, 15) is 19.8 Å². The Hall–Kier alpha value is -3.19. The number of phenols is 2. The van der Waals surface area contributed by atoms with Gasteiger partial charge in [0, 0.05) is 48.6 Å². The molecule has 1 aliphatic rings. The number of ketones is 2. The normalized spacial score (nSPS) is 12.1. The van der Waals surface area contributed by atoms with E-state index in [0.29, 0.717) is 12.1 Å². The van der Waals surface area contributed by atoms with E-state index < -0.39 is 5.78 Å². The highest BCUT2D eigenvalue weighted by Gasteiger charge is 2.34. The number of aromatic nitrogens is 1. The van der Waals surface area contributed by atoms with Crippen LogP contribution in [0.3, 0.4) is 0 Å². The first-order valence-corrected chi connectivity index (χ1v) is 8.80. The van der Waals surface area contributed by atoms with Crippen molar-refractivity contribution in [2.75, 3.05) is 19.0 Å². The van der Waals surface area contributed by atoms with Gasteiger partial charge in [-0.3, -0.25) is 9.59 Å². The number of benzene rings is 2. The number of rotatable bonds is 3. The lowest BCUT2D eigenvalue weighted by Gasteiger charge is -2.19. The Kier molecular flexibility index (Phi) is 5.44. The fraction of sp³-hybridized carbons (Fsp3) is 0.136. The first kappa shape index (κ1) is 20.5. The summed E-state index contributed by atoms with van der Waals surface area (Å²) in [7, 11) is 3.92. The predicted octanol–water partition coefficient (Wildman–Crippen LogP) is -0.721. The van der Waals surface area contributed by atoms with Gasteiger partial charge in [-0.1, -0.05) is 12.1 Å². The topological polar surface area (TPSA) is 81.7 Å². The van der Waals surface area contributed by atoms with Gasteiger partial charge in [-0.25, -0.2) is 4.57 Å².